The quantitative estimate of drug-likeness (QED) is 0.299. The molecule has 26 heavy (non-hydrogen) atoms. The molecule has 2 heterocycles. The maximum atomic E-state index is 12.0. The fraction of sp³-hybridized carbons (Fsp3) is 0. The number of nitrogens with one attached hydrogen (secondary N) is 1. The van der Waals surface area contributed by atoms with Crippen LogP contribution in [0.1, 0.15) is 26.5 Å². The van der Waals surface area contributed by atoms with Gasteiger partial charge in [-0.25, -0.2) is 10.2 Å². The minimum Gasteiger partial charge on any atom is -0.457 e. The third-order valence-corrected chi connectivity index (χ3v) is 3.68. The Bertz CT molecular complexity index is 940. The van der Waals surface area contributed by atoms with Crippen molar-refractivity contribution in [2.24, 2.45) is 5.10 Å². The van der Waals surface area contributed by atoms with E-state index in [9.17, 15) is 9.59 Å². The van der Waals surface area contributed by atoms with Gasteiger partial charge in [0.2, 0.25) is 5.76 Å². The maximum Gasteiger partial charge on any atom is 0.379 e. The summed E-state index contributed by atoms with van der Waals surface area (Å²) in [5.41, 5.74) is 3.26. The fourth-order valence-corrected chi connectivity index (χ4v) is 2.36. The van der Waals surface area contributed by atoms with Crippen LogP contribution < -0.4 is 10.2 Å². The number of amides is 1. The summed E-state index contributed by atoms with van der Waals surface area (Å²) in [6.45, 7) is 0. The van der Waals surface area contributed by atoms with Gasteiger partial charge in [0.05, 0.1) is 18.0 Å². The Morgan fingerprint density at radius 2 is 2.12 bits per heavy atom. The van der Waals surface area contributed by atoms with Crippen molar-refractivity contribution in [1.29, 1.82) is 0 Å². The Balaban J connectivity index is 1.73. The first-order valence-electron chi connectivity index (χ1n) is 7.42. The molecule has 0 aliphatic rings. The largest absolute Gasteiger partial charge is 0.457 e. The first-order chi connectivity index (χ1) is 12.6. The highest BCUT2D eigenvalue weighted by Crippen LogP contribution is 2.23. The number of carbonyl (C=O) groups excluding carboxylic acids is 2. The molecule has 0 aliphatic heterocycles. The predicted molar refractivity (Wildman–Crippen MR) is 97.1 cm³/mol. The van der Waals surface area contributed by atoms with E-state index in [0.717, 1.165) is 4.47 Å². The molecule has 0 atom stereocenters. The molecular formula is C18H12BrN3O4. The molecule has 1 aromatic carbocycles. The van der Waals surface area contributed by atoms with E-state index < -0.39 is 11.9 Å². The number of rotatable bonds is 5. The van der Waals surface area contributed by atoms with Crippen molar-refractivity contribution < 1.29 is 18.7 Å². The monoisotopic (exact) mass is 413 g/mol. The maximum absolute atomic E-state index is 12.0. The minimum absolute atomic E-state index is 0.0840. The number of hydrogen-bond donors (Lipinski definition) is 1. The van der Waals surface area contributed by atoms with Crippen LogP contribution in [-0.4, -0.2) is 23.1 Å². The van der Waals surface area contributed by atoms with Crippen LogP contribution in [0.15, 0.2) is 75.1 Å². The molecule has 0 spiro atoms. The topological polar surface area (TPSA) is 93.8 Å². The second-order valence-electron chi connectivity index (χ2n) is 4.99. The number of hydrazone groups is 1. The molecule has 2 aromatic heterocycles. The van der Waals surface area contributed by atoms with Gasteiger partial charge in [-0.3, -0.25) is 9.78 Å². The number of halogens is 1. The number of furan rings is 1. The molecule has 130 valence electrons. The third-order valence-electron chi connectivity index (χ3n) is 3.19. The van der Waals surface area contributed by atoms with Crippen LogP contribution in [0.5, 0.6) is 5.75 Å². The highest BCUT2D eigenvalue weighted by atomic mass is 79.9. The van der Waals surface area contributed by atoms with E-state index in [1.807, 2.05) is 0 Å². The molecule has 1 N–H and O–H groups in total. The summed E-state index contributed by atoms with van der Waals surface area (Å²) in [6, 6.07) is 11.4. The van der Waals surface area contributed by atoms with Gasteiger partial charge in [0.15, 0.2) is 0 Å². The van der Waals surface area contributed by atoms with Gasteiger partial charge in [-0.1, -0.05) is 15.9 Å². The van der Waals surface area contributed by atoms with Crippen molar-refractivity contribution >= 4 is 34.0 Å². The number of carbonyl (C=O) groups is 2. The summed E-state index contributed by atoms with van der Waals surface area (Å²) < 4.78 is 11.1. The van der Waals surface area contributed by atoms with E-state index >= 15 is 0 Å². The van der Waals surface area contributed by atoms with E-state index in [1.54, 1.807) is 42.6 Å². The Morgan fingerprint density at radius 1 is 1.23 bits per heavy atom. The van der Waals surface area contributed by atoms with Gasteiger partial charge in [0.1, 0.15) is 5.75 Å². The lowest BCUT2D eigenvalue weighted by atomic mass is 10.2. The Labute approximate surface area is 156 Å². The normalized spacial score (nSPS) is 10.7. The van der Waals surface area contributed by atoms with Crippen molar-refractivity contribution in [3.05, 3.63) is 82.5 Å². The molecular weight excluding hydrogens is 402 g/mol. The molecule has 8 heteroatoms. The molecule has 1 amide bonds. The molecule has 3 rings (SSSR count). The van der Waals surface area contributed by atoms with Gasteiger partial charge < -0.3 is 9.15 Å². The zero-order valence-electron chi connectivity index (χ0n) is 13.3. The van der Waals surface area contributed by atoms with Gasteiger partial charge in [0.25, 0.3) is 5.91 Å². The summed E-state index contributed by atoms with van der Waals surface area (Å²) in [6.07, 6.45) is 5.76. The molecule has 7 nitrogen and oxygen atoms in total. The van der Waals surface area contributed by atoms with E-state index in [0.29, 0.717) is 11.1 Å². The van der Waals surface area contributed by atoms with Gasteiger partial charge in [-0.05, 0) is 42.5 Å². The van der Waals surface area contributed by atoms with Crippen molar-refractivity contribution in [2.45, 2.75) is 0 Å². The summed E-state index contributed by atoms with van der Waals surface area (Å²) in [5, 5.41) is 3.90. The number of esters is 1. The number of hydrogen-bond acceptors (Lipinski definition) is 6. The van der Waals surface area contributed by atoms with Crippen molar-refractivity contribution in [1.82, 2.24) is 10.4 Å². The van der Waals surface area contributed by atoms with Crippen LogP contribution in [0.2, 0.25) is 0 Å². The fourth-order valence-electron chi connectivity index (χ4n) is 1.98. The van der Waals surface area contributed by atoms with Crippen LogP contribution in [0.25, 0.3) is 0 Å². The van der Waals surface area contributed by atoms with Crippen LogP contribution in [0.4, 0.5) is 0 Å². The SMILES string of the molecule is O=C(N/N=C\c1cc(Br)ccc1OC(=O)c1ccco1)c1cccnc1. The van der Waals surface area contributed by atoms with Crippen molar-refractivity contribution in [3.63, 3.8) is 0 Å². The Morgan fingerprint density at radius 3 is 2.85 bits per heavy atom. The predicted octanol–water partition coefficient (Wildman–Crippen LogP) is 3.42. The summed E-state index contributed by atoms with van der Waals surface area (Å²) in [4.78, 5) is 27.8. The summed E-state index contributed by atoms with van der Waals surface area (Å²) in [5.74, 6) is -0.681. The number of benzene rings is 1. The van der Waals surface area contributed by atoms with Crippen LogP contribution in [0, 0.1) is 0 Å². The summed E-state index contributed by atoms with van der Waals surface area (Å²) in [7, 11) is 0. The molecule has 0 saturated carbocycles. The molecule has 0 radical (unpaired) electrons. The molecule has 3 aromatic rings. The van der Waals surface area contributed by atoms with Gasteiger partial charge in [-0.15, -0.1) is 0 Å². The first kappa shape index (κ1) is 17.6. The molecule has 0 bridgehead atoms. The zero-order chi connectivity index (χ0) is 18.4. The Kier molecular flexibility index (Phi) is 5.55. The average Bonchev–Trinajstić information content (AvgIpc) is 3.19. The van der Waals surface area contributed by atoms with E-state index in [4.69, 9.17) is 9.15 Å². The lowest BCUT2D eigenvalue weighted by Crippen LogP contribution is -2.17. The minimum atomic E-state index is -0.633. The second-order valence-corrected chi connectivity index (χ2v) is 5.91. The highest BCUT2D eigenvalue weighted by Gasteiger charge is 2.14. The number of pyridine rings is 1. The average molecular weight is 414 g/mol. The number of nitrogens with zero attached hydrogens (tertiary/aromatic N) is 2. The second kappa shape index (κ2) is 8.21. The molecule has 0 aliphatic carbocycles. The van der Waals surface area contributed by atoms with Gasteiger partial charge >= 0.3 is 5.97 Å². The van der Waals surface area contributed by atoms with Crippen LogP contribution >= 0.6 is 15.9 Å². The van der Waals surface area contributed by atoms with Crippen molar-refractivity contribution in [2.75, 3.05) is 0 Å². The lowest BCUT2D eigenvalue weighted by Gasteiger charge is -2.06. The zero-order valence-corrected chi connectivity index (χ0v) is 14.8. The molecule has 0 unspecified atom stereocenters. The first-order valence-corrected chi connectivity index (χ1v) is 8.21. The van der Waals surface area contributed by atoms with E-state index in [1.165, 1.54) is 24.7 Å². The third kappa shape index (κ3) is 4.42. The van der Waals surface area contributed by atoms with E-state index in [-0.39, 0.29) is 11.5 Å². The number of aromatic nitrogens is 1. The highest BCUT2D eigenvalue weighted by molar-refractivity contribution is 9.10. The molecule has 0 fully saturated rings. The standard InChI is InChI=1S/C18H12BrN3O4/c19-14-5-6-15(26-18(24)16-4-2-8-25-16)13(9-14)11-21-22-17(23)12-3-1-7-20-10-12/h1-11H,(H,22,23)/b21-11-. The number of ether oxygens (including phenoxy) is 1. The smallest absolute Gasteiger partial charge is 0.379 e. The van der Waals surface area contributed by atoms with Crippen LogP contribution in [-0.2, 0) is 0 Å². The van der Waals surface area contributed by atoms with Crippen molar-refractivity contribution in [3.8, 4) is 5.75 Å². The van der Waals surface area contributed by atoms with Gasteiger partial charge in [-0.2, -0.15) is 5.10 Å². The van der Waals surface area contributed by atoms with Crippen LogP contribution in [0.3, 0.4) is 0 Å². The summed E-state index contributed by atoms with van der Waals surface area (Å²) >= 11 is 3.34. The van der Waals surface area contributed by atoms with E-state index in [2.05, 4.69) is 31.4 Å². The Hall–Kier alpha value is -3.26. The molecule has 0 saturated heterocycles. The lowest BCUT2D eigenvalue weighted by molar-refractivity contribution is 0.0701. The van der Waals surface area contributed by atoms with Gasteiger partial charge in [0, 0.05) is 22.4 Å².